The summed E-state index contributed by atoms with van der Waals surface area (Å²) in [5.41, 5.74) is 1.63. The zero-order valence-electron chi connectivity index (χ0n) is 20.9. The molecule has 0 saturated carbocycles. The first-order chi connectivity index (χ1) is 17.8. The van der Waals surface area contributed by atoms with Crippen molar-refractivity contribution >= 4 is 46.8 Å². The number of carbonyl (C=O) groups is 2. The molecular formula is C28H29ClF2N4O2S. The SMILES string of the molecule is Cc1nc(-c2ccccc2)sc1C(=O)N1CCC(F)(F)C(=CC(=O)NC2CCNCC2)c2ccccc21.Cl. The number of rotatable bonds is 4. The van der Waals surface area contributed by atoms with E-state index in [4.69, 9.17) is 0 Å². The van der Waals surface area contributed by atoms with E-state index in [0.29, 0.717) is 21.3 Å². The van der Waals surface area contributed by atoms with Crippen LogP contribution in [-0.4, -0.2) is 48.4 Å². The van der Waals surface area contributed by atoms with Crippen LogP contribution >= 0.6 is 23.7 Å². The number of hydrogen-bond donors (Lipinski definition) is 2. The number of anilines is 1. The van der Waals surface area contributed by atoms with Gasteiger partial charge in [-0.05, 0) is 38.9 Å². The summed E-state index contributed by atoms with van der Waals surface area (Å²) in [6, 6.07) is 16.0. The number of allylic oxidation sites excluding steroid dienone is 1. The summed E-state index contributed by atoms with van der Waals surface area (Å²) in [4.78, 5) is 32.9. The van der Waals surface area contributed by atoms with Crippen molar-refractivity contribution in [3.63, 3.8) is 0 Å². The number of hydrogen-bond acceptors (Lipinski definition) is 5. The Hall–Kier alpha value is -3.14. The maximum Gasteiger partial charge on any atom is 0.275 e. The Kier molecular flexibility index (Phi) is 8.60. The highest BCUT2D eigenvalue weighted by Crippen LogP contribution is 2.43. The Morgan fingerprint density at radius 3 is 2.53 bits per heavy atom. The number of nitrogens with one attached hydrogen (secondary N) is 2. The van der Waals surface area contributed by atoms with Gasteiger partial charge in [0.1, 0.15) is 9.88 Å². The lowest BCUT2D eigenvalue weighted by molar-refractivity contribution is -0.117. The molecule has 38 heavy (non-hydrogen) atoms. The first kappa shape index (κ1) is 27.9. The number of nitrogens with zero attached hydrogens (tertiary/aromatic N) is 2. The smallest absolute Gasteiger partial charge is 0.275 e. The van der Waals surface area contributed by atoms with E-state index in [-0.39, 0.29) is 42.0 Å². The van der Waals surface area contributed by atoms with E-state index in [9.17, 15) is 9.59 Å². The molecule has 1 saturated heterocycles. The quantitative estimate of drug-likeness (QED) is 0.416. The average molecular weight is 559 g/mol. The van der Waals surface area contributed by atoms with E-state index in [2.05, 4.69) is 15.6 Å². The molecule has 2 amide bonds. The summed E-state index contributed by atoms with van der Waals surface area (Å²) in [6.45, 7) is 3.13. The van der Waals surface area contributed by atoms with Gasteiger partial charge in [0, 0.05) is 41.8 Å². The molecule has 2 aliphatic heterocycles. The molecule has 0 bridgehead atoms. The third-order valence-electron chi connectivity index (χ3n) is 6.75. The zero-order chi connectivity index (χ0) is 26.0. The predicted octanol–water partition coefficient (Wildman–Crippen LogP) is 5.48. The number of amides is 2. The highest BCUT2D eigenvalue weighted by Gasteiger charge is 2.42. The molecule has 2 N–H and O–H groups in total. The first-order valence-electron chi connectivity index (χ1n) is 12.4. The Bertz CT molecular complexity index is 1340. The maximum atomic E-state index is 15.5. The van der Waals surface area contributed by atoms with Crippen LogP contribution in [0.5, 0.6) is 0 Å². The normalized spacial score (nSPS) is 18.3. The number of aryl methyl sites for hydroxylation is 1. The number of alkyl halides is 2. The van der Waals surface area contributed by atoms with Gasteiger partial charge in [0.25, 0.3) is 11.8 Å². The molecule has 10 heteroatoms. The third kappa shape index (κ3) is 5.80. The minimum Gasteiger partial charge on any atom is -0.350 e. The summed E-state index contributed by atoms with van der Waals surface area (Å²) < 4.78 is 31.0. The molecule has 5 rings (SSSR count). The van der Waals surface area contributed by atoms with Gasteiger partial charge in [0.2, 0.25) is 5.91 Å². The van der Waals surface area contributed by atoms with Gasteiger partial charge in [-0.1, -0.05) is 48.5 Å². The Labute approximate surface area is 230 Å². The van der Waals surface area contributed by atoms with Gasteiger partial charge in [-0.3, -0.25) is 9.59 Å². The molecule has 1 fully saturated rings. The van der Waals surface area contributed by atoms with Crippen LogP contribution < -0.4 is 15.5 Å². The summed E-state index contributed by atoms with van der Waals surface area (Å²) in [7, 11) is 0. The van der Waals surface area contributed by atoms with E-state index in [1.807, 2.05) is 30.3 Å². The maximum absolute atomic E-state index is 15.5. The Balaban J connectivity index is 0.00000336. The number of para-hydroxylation sites is 1. The van der Waals surface area contributed by atoms with Crippen molar-refractivity contribution in [2.45, 2.75) is 38.2 Å². The van der Waals surface area contributed by atoms with Gasteiger partial charge in [0.05, 0.1) is 11.4 Å². The molecule has 0 unspecified atom stereocenters. The Morgan fingerprint density at radius 1 is 1.11 bits per heavy atom. The molecule has 2 aromatic carbocycles. The van der Waals surface area contributed by atoms with Gasteiger partial charge in [-0.25, -0.2) is 13.8 Å². The highest BCUT2D eigenvalue weighted by molar-refractivity contribution is 7.17. The molecule has 0 atom stereocenters. The van der Waals surface area contributed by atoms with Gasteiger partial charge in [0.15, 0.2) is 0 Å². The fraction of sp³-hybridized carbons (Fsp3) is 0.321. The molecule has 0 radical (unpaired) electrons. The molecule has 2 aliphatic rings. The molecule has 3 heterocycles. The molecule has 200 valence electrons. The van der Waals surface area contributed by atoms with E-state index in [0.717, 1.165) is 37.6 Å². The number of piperidine rings is 1. The lowest BCUT2D eigenvalue weighted by Crippen LogP contribution is -2.42. The number of fused-ring (bicyclic) bond motifs is 1. The number of halogens is 3. The number of aromatic nitrogens is 1. The van der Waals surface area contributed by atoms with Gasteiger partial charge < -0.3 is 15.5 Å². The van der Waals surface area contributed by atoms with Crippen LogP contribution in [0.2, 0.25) is 0 Å². The van der Waals surface area contributed by atoms with Crippen molar-refractivity contribution < 1.29 is 18.4 Å². The number of benzene rings is 2. The second-order valence-electron chi connectivity index (χ2n) is 9.32. The monoisotopic (exact) mass is 558 g/mol. The minimum absolute atomic E-state index is 0. The lowest BCUT2D eigenvalue weighted by Gasteiger charge is -2.24. The van der Waals surface area contributed by atoms with E-state index >= 15 is 8.78 Å². The van der Waals surface area contributed by atoms with Gasteiger partial charge in [-0.15, -0.1) is 23.7 Å². The van der Waals surface area contributed by atoms with Crippen LogP contribution in [0.25, 0.3) is 16.1 Å². The van der Waals surface area contributed by atoms with E-state index in [1.54, 1.807) is 31.2 Å². The highest BCUT2D eigenvalue weighted by atomic mass is 35.5. The summed E-state index contributed by atoms with van der Waals surface area (Å²) in [5.74, 6) is -4.20. The molecule has 0 aliphatic carbocycles. The average Bonchev–Trinajstić information content (AvgIpc) is 3.25. The van der Waals surface area contributed by atoms with Crippen LogP contribution in [0.4, 0.5) is 14.5 Å². The standard InChI is InChI=1S/C28H28F2N4O2S.ClH/c1-18-25(37-26(32-18)19-7-3-2-4-8-19)27(36)34-16-13-28(29,30)22(21-9-5-6-10-23(21)34)17-24(35)33-20-11-14-31-15-12-20;/h2-10,17,20,31H,11-16H2,1H3,(H,33,35);1H. The topological polar surface area (TPSA) is 74.3 Å². The molecule has 0 spiro atoms. The molecular weight excluding hydrogens is 530 g/mol. The number of carbonyl (C=O) groups excluding carboxylic acids is 2. The molecule has 1 aromatic heterocycles. The first-order valence-corrected chi connectivity index (χ1v) is 13.2. The van der Waals surface area contributed by atoms with Crippen molar-refractivity contribution in [3.8, 4) is 10.6 Å². The Morgan fingerprint density at radius 2 is 1.79 bits per heavy atom. The molecule has 3 aromatic rings. The van der Waals surface area contributed by atoms with E-state index in [1.165, 1.54) is 16.2 Å². The van der Waals surface area contributed by atoms with Crippen LogP contribution in [0.3, 0.4) is 0 Å². The lowest BCUT2D eigenvalue weighted by atomic mass is 9.96. The summed E-state index contributed by atoms with van der Waals surface area (Å²) >= 11 is 1.25. The van der Waals surface area contributed by atoms with E-state index < -0.39 is 18.3 Å². The van der Waals surface area contributed by atoms with Gasteiger partial charge in [-0.2, -0.15) is 0 Å². The molecule has 6 nitrogen and oxygen atoms in total. The third-order valence-corrected chi connectivity index (χ3v) is 7.94. The van der Waals surface area contributed by atoms with Crippen LogP contribution in [-0.2, 0) is 4.79 Å². The van der Waals surface area contributed by atoms with Crippen molar-refractivity contribution in [3.05, 3.63) is 76.8 Å². The second-order valence-corrected chi connectivity index (χ2v) is 10.3. The van der Waals surface area contributed by atoms with Gasteiger partial charge >= 0.3 is 0 Å². The van der Waals surface area contributed by atoms with Crippen molar-refractivity contribution in [2.75, 3.05) is 24.5 Å². The fourth-order valence-corrected chi connectivity index (χ4v) is 5.82. The second kappa shape index (κ2) is 11.7. The zero-order valence-corrected chi connectivity index (χ0v) is 22.5. The van der Waals surface area contributed by atoms with Crippen molar-refractivity contribution in [1.29, 1.82) is 0 Å². The van der Waals surface area contributed by atoms with Crippen LogP contribution in [0.1, 0.15) is 40.2 Å². The summed E-state index contributed by atoms with van der Waals surface area (Å²) in [5, 5.41) is 6.78. The largest absolute Gasteiger partial charge is 0.350 e. The fourth-order valence-electron chi connectivity index (χ4n) is 4.80. The number of thiazole rings is 1. The van der Waals surface area contributed by atoms with Crippen LogP contribution in [0.15, 0.2) is 60.7 Å². The van der Waals surface area contributed by atoms with Crippen LogP contribution in [0, 0.1) is 6.92 Å². The van der Waals surface area contributed by atoms with Crippen molar-refractivity contribution in [2.24, 2.45) is 0 Å². The van der Waals surface area contributed by atoms with Crippen molar-refractivity contribution in [1.82, 2.24) is 15.6 Å². The minimum atomic E-state index is -3.28. The summed E-state index contributed by atoms with van der Waals surface area (Å²) in [6.07, 6.45) is 1.93. The predicted molar refractivity (Wildman–Crippen MR) is 149 cm³/mol.